The Kier molecular flexibility index (Phi) is 5.41. The minimum absolute atomic E-state index is 0.0221. The molecule has 3 rings (SSSR count). The van der Waals surface area contributed by atoms with Gasteiger partial charge >= 0.3 is 0 Å². The predicted molar refractivity (Wildman–Crippen MR) is 83.9 cm³/mol. The number of amides is 1. The fourth-order valence-corrected chi connectivity index (χ4v) is 3.56. The van der Waals surface area contributed by atoms with Crippen LogP contribution in [0, 0.1) is 0 Å². The monoisotopic (exact) mass is 339 g/mol. The maximum absolute atomic E-state index is 11.9. The molecule has 1 N–H and O–H groups in total. The molecule has 1 aliphatic rings. The summed E-state index contributed by atoms with van der Waals surface area (Å²) in [4.78, 5) is 13.0. The van der Waals surface area contributed by atoms with E-state index in [2.05, 4.69) is 20.8 Å². The van der Waals surface area contributed by atoms with Crippen molar-refractivity contribution in [2.24, 2.45) is 0 Å². The number of thiophene rings is 1. The van der Waals surface area contributed by atoms with Gasteiger partial charge in [-0.3, -0.25) is 4.79 Å². The fraction of sp³-hybridized carbons (Fsp3) is 0.538. The van der Waals surface area contributed by atoms with Gasteiger partial charge in [0.25, 0.3) is 0 Å². The first-order valence-electron chi connectivity index (χ1n) is 7.11. The van der Waals surface area contributed by atoms with E-state index in [0.29, 0.717) is 24.0 Å². The molecule has 0 bridgehead atoms. The normalized spacial score (nSPS) is 17.7. The number of tetrazole rings is 1. The Morgan fingerprint density at radius 1 is 1.59 bits per heavy atom. The third kappa shape index (κ3) is 4.28. The second kappa shape index (κ2) is 7.70. The average molecular weight is 339 g/mol. The summed E-state index contributed by atoms with van der Waals surface area (Å²) in [5.74, 6) is 0.281. The Morgan fingerprint density at radius 2 is 2.55 bits per heavy atom. The highest BCUT2D eigenvalue weighted by Gasteiger charge is 2.16. The van der Waals surface area contributed by atoms with Gasteiger partial charge in [-0.15, -0.1) is 16.4 Å². The van der Waals surface area contributed by atoms with Gasteiger partial charge in [-0.05, 0) is 34.7 Å². The Hall–Kier alpha value is -1.45. The number of nitrogens with zero attached hydrogens (tertiary/aromatic N) is 4. The molecule has 1 amide bonds. The topological polar surface area (TPSA) is 81.9 Å². The Bertz CT molecular complexity index is 595. The molecule has 7 nitrogen and oxygen atoms in total. The molecule has 118 valence electrons. The first kappa shape index (κ1) is 15.4. The summed E-state index contributed by atoms with van der Waals surface area (Å²) < 4.78 is 7.19. The molecular weight excluding hydrogens is 322 g/mol. The Balaban J connectivity index is 1.45. The summed E-state index contributed by atoms with van der Waals surface area (Å²) in [6.07, 6.45) is 2.26. The third-order valence-electron chi connectivity index (χ3n) is 3.27. The van der Waals surface area contributed by atoms with E-state index in [9.17, 15) is 4.79 Å². The number of ether oxygens (including phenoxy) is 1. The molecule has 3 heterocycles. The summed E-state index contributed by atoms with van der Waals surface area (Å²) in [6, 6.07) is 4.03. The van der Waals surface area contributed by atoms with E-state index in [1.54, 1.807) is 16.0 Å². The highest BCUT2D eigenvalue weighted by Crippen LogP contribution is 2.17. The van der Waals surface area contributed by atoms with E-state index < -0.39 is 0 Å². The smallest absolute Gasteiger partial charge is 0.230 e. The van der Waals surface area contributed by atoms with Crippen molar-refractivity contribution >= 4 is 29.0 Å². The van der Waals surface area contributed by atoms with E-state index in [0.717, 1.165) is 19.4 Å². The molecule has 1 unspecified atom stereocenters. The van der Waals surface area contributed by atoms with Gasteiger partial charge in [0.2, 0.25) is 11.1 Å². The van der Waals surface area contributed by atoms with Crippen LogP contribution in [0.15, 0.2) is 22.7 Å². The lowest BCUT2D eigenvalue weighted by atomic mass is 10.2. The van der Waals surface area contributed by atoms with Crippen molar-refractivity contribution in [1.29, 1.82) is 0 Å². The van der Waals surface area contributed by atoms with E-state index in [1.807, 2.05) is 17.5 Å². The van der Waals surface area contributed by atoms with Crippen molar-refractivity contribution in [3.8, 4) is 0 Å². The van der Waals surface area contributed by atoms with Crippen molar-refractivity contribution < 1.29 is 9.53 Å². The first-order valence-corrected chi connectivity index (χ1v) is 8.97. The summed E-state index contributed by atoms with van der Waals surface area (Å²) in [5.41, 5.74) is 0. The van der Waals surface area contributed by atoms with Gasteiger partial charge in [0, 0.05) is 18.0 Å². The molecule has 0 saturated carbocycles. The molecule has 0 aromatic carbocycles. The summed E-state index contributed by atoms with van der Waals surface area (Å²) in [5, 5.41) is 17.2. The van der Waals surface area contributed by atoms with Gasteiger partial charge in [-0.1, -0.05) is 17.8 Å². The summed E-state index contributed by atoms with van der Waals surface area (Å²) >= 11 is 3.00. The standard InChI is InChI=1S/C13H17N5O2S2/c19-12(14-7-10-3-1-5-20-10)9-22-13-15-16-17-18(13)8-11-4-2-6-21-11/h2,4,6,10H,1,3,5,7-9H2,(H,14,19). The van der Waals surface area contributed by atoms with Crippen LogP contribution in [-0.2, 0) is 16.1 Å². The van der Waals surface area contributed by atoms with Gasteiger partial charge in [0.05, 0.1) is 18.4 Å². The van der Waals surface area contributed by atoms with Crippen LogP contribution in [0.3, 0.4) is 0 Å². The van der Waals surface area contributed by atoms with Crippen LogP contribution in [0.25, 0.3) is 0 Å². The second-order valence-corrected chi connectivity index (χ2v) is 6.90. The van der Waals surface area contributed by atoms with Crippen molar-refractivity contribution in [1.82, 2.24) is 25.5 Å². The van der Waals surface area contributed by atoms with E-state index in [-0.39, 0.29) is 12.0 Å². The van der Waals surface area contributed by atoms with Crippen LogP contribution < -0.4 is 5.32 Å². The molecule has 1 atom stereocenters. The molecule has 2 aromatic heterocycles. The number of hydrogen-bond acceptors (Lipinski definition) is 7. The van der Waals surface area contributed by atoms with Gasteiger partial charge in [0.15, 0.2) is 0 Å². The van der Waals surface area contributed by atoms with Gasteiger partial charge < -0.3 is 10.1 Å². The maximum atomic E-state index is 11.9. The molecule has 22 heavy (non-hydrogen) atoms. The lowest BCUT2D eigenvalue weighted by Crippen LogP contribution is -2.32. The Morgan fingerprint density at radius 3 is 3.32 bits per heavy atom. The van der Waals surface area contributed by atoms with Gasteiger partial charge in [-0.25, -0.2) is 4.68 Å². The fourth-order valence-electron chi connectivity index (χ4n) is 2.16. The van der Waals surface area contributed by atoms with Crippen LogP contribution in [0.5, 0.6) is 0 Å². The first-order chi connectivity index (χ1) is 10.8. The molecule has 0 spiro atoms. The molecule has 2 aromatic rings. The molecular formula is C13H17N5O2S2. The minimum Gasteiger partial charge on any atom is -0.376 e. The van der Waals surface area contributed by atoms with E-state index >= 15 is 0 Å². The number of carbonyl (C=O) groups is 1. The van der Waals surface area contributed by atoms with Crippen molar-refractivity contribution in [2.75, 3.05) is 18.9 Å². The molecule has 1 saturated heterocycles. The lowest BCUT2D eigenvalue weighted by molar-refractivity contribution is -0.119. The number of thioether (sulfide) groups is 1. The average Bonchev–Trinajstić information content (AvgIpc) is 3.26. The van der Waals surface area contributed by atoms with Crippen molar-refractivity contribution in [3.63, 3.8) is 0 Å². The molecule has 1 fully saturated rings. The second-order valence-electron chi connectivity index (χ2n) is 4.93. The van der Waals surface area contributed by atoms with Crippen LogP contribution in [0.4, 0.5) is 0 Å². The zero-order chi connectivity index (χ0) is 15.2. The maximum Gasteiger partial charge on any atom is 0.230 e. The number of rotatable bonds is 7. The quantitative estimate of drug-likeness (QED) is 0.763. The lowest BCUT2D eigenvalue weighted by Gasteiger charge is -2.10. The zero-order valence-corrected chi connectivity index (χ0v) is 13.6. The van der Waals surface area contributed by atoms with Crippen LogP contribution in [0.2, 0.25) is 0 Å². The van der Waals surface area contributed by atoms with Crippen LogP contribution in [-0.4, -0.2) is 51.1 Å². The summed E-state index contributed by atoms with van der Waals surface area (Å²) in [6.45, 7) is 2.01. The SMILES string of the molecule is O=C(CSc1nnnn1Cc1cccs1)NCC1CCCO1. The van der Waals surface area contributed by atoms with Gasteiger partial charge in [0.1, 0.15) is 0 Å². The minimum atomic E-state index is -0.0221. The van der Waals surface area contributed by atoms with E-state index in [4.69, 9.17) is 4.74 Å². The van der Waals surface area contributed by atoms with Gasteiger partial charge in [-0.2, -0.15) is 0 Å². The highest BCUT2D eigenvalue weighted by atomic mass is 32.2. The van der Waals surface area contributed by atoms with Crippen molar-refractivity contribution in [3.05, 3.63) is 22.4 Å². The van der Waals surface area contributed by atoms with Crippen LogP contribution in [0.1, 0.15) is 17.7 Å². The number of aromatic nitrogens is 4. The molecule has 0 aliphatic carbocycles. The molecule has 9 heteroatoms. The number of hydrogen-bond donors (Lipinski definition) is 1. The third-order valence-corrected chi connectivity index (χ3v) is 5.09. The van der Waals surface area contributed by atoms with Crippen molar-refractivity contribution in [2.45, 2.75) is 30.6 Å². The largest absolute Gasteiger partial charge is 0.376 e. The predicted octanol–water partition coefficient (Wildman–Crippen LogP) is 1.17. The molecule has 1 aliphatic heterocycles. The summed E-state index contributed by atoms with van der Waals surface area (Å²) in [7, 11) is 0. The van der Waals surface area contributed by atoms with E-state index in [1.165, 1.54) is 16.6 Å². The Labute approximate surface area is 136 Å². The number of carbonyl (C=O) groups excluding carboxylic acids is 1. The zero-order valence-electron chi connectivity index (χ0n) is 12.0. The highest BCUT2D eigenvalue weighted by molar-refractivity contribution is 7.99. The van der Waals surface area contributed by atoms with Crippen LogP contribution >= 0.6 is 23.1 Å². The number of nitrogens with one attached hydrogen (secondary N) is 1. The molecule has 0 radical (unpaired) electrons.